The second kappa shape index (κ2) is 9.58. The van der Waals surface area contributed by atoms with Crippen LogP contribution in [0.4, 0.5) is 4.79 Å². The molecule has 38 heavy (non-hydrogen) atoms. The molecule has 2 saturated heterocycles. The van der Waals surface area contributed by atoms with Crippen molar-refractivity contribution >= 4 is 23.0 Å². The quantitative estimate of drug-likeness (QED) is 0.535. The summed E-state index contributed by atoms with van der Waals surface area (Å²) >= 11 is 0. The van der Waals surface area contributed by atoms with Crippen LogP contribution in [0.25, 0.3) is 11.0 Å². The van der Waals surface area contributed by atoms with Crippen LogP contribution < -0.4 is 5.56 Å². The molecule has 0 bridgehead atoms. The van der Waals surface area contributed by atoms with Crippen molar-refractivity contribution in [3.8, 4) is 0 Å². The van der Waals surface area contributed by atoms with Gasteiger partial charge in [-0.25, -0.2) is 9.78 Å². The van der Waals surface area contributed by atoms with E-state index in [1.54, 1.807) is 4.90 Å². The zero-order valence-corrected chi connectivity index (χ0v) is 21.3. The number of likely N-dealkylation sites (tertiary alicyclic amines) is 2. The van der Waals surface area contributed by atoms with E-state index in [-0.39, 0.29) is 36.4 Å². The molecule has 200 valence electrons. The highest BCUT2D eigenvalue weighted by Gasteiger charge is 2.41. The molecule has 2 aromatic heterocycles. The van der Waals surface area contributed by atoms with Crippen LogP contribution in [0.15, 0.2) is 53.7 Å². The highest BCUT2D eigenvalue weighted by Crippen LogP contribution is 2.37. The second-order valence-electron chi connectivity index (χ2n) is 11.1. The number of fused-ring (bicyclic) bond motifs is 1. The molecule has 2 amide bonds. The first kappa shape index (κ1) is 24.7. The molecular formula is C28H33N5O5. The summed E-state index contributed by atoms with van der Waals surface area (Å²) in [6.07, 6.45) is 5.87. The van der Waals surface area contributed by atoms with E-state index in [4.69, 9.17) is 0 Å². The van der Waals surface area contributed by atoms with Gasteiger partial charge in [0.25, 0.3) is 5.56 Å². The van der Waals surface area contributed by atoms with Crippen LogP contribution in [-0.4, -0.2) is 77.9 Å². The molecule has 1 saturated carbocycles. The fraction of sp³-hybridized carbons (Fsp3) is 0.500. The first-order valence-corrected chi connectivity index (χ1v) is 13.4. The summed E-state index contributed by atoms with van der Waals surface area (Å²) in [6.45, 7) is 1.52. The molecule has 0 radical (unpaired) electrons. The lowest BCUT2D eigenvalue weighted by Crippen LogP contribution is -2.53. The van der Waals surface area contributed by atoms with Crippen LogP contribution in [0.3, 0.4) is 0 Å². The number of piperidine rings is 2. The first-order chi connectivity index (χ1) is 18.3. The molecule has 1 aliphatic carbocycles. The number of hydrogen-bond acceptors (Lipinski definition) is 5. The smallest absolute Gasteiger partial charge is 0.407 e. The lowest BCUT2D eigenvalue weighted by atomic mass is 9.79. The van der Waals surface area contributed by atoms with Gasteiger partial charge in [-0.15, -0.1) is 0 Å². The Labute approximate surface area is 220 Å². The number of amides is 2. The van der Waals surface area contributed by atoms with Crippen LogP contribution >= 0.6 is 0 Å². The van der Waals surface area contributed by atoms with Crippen molar-refractivity contribution in [2.24, 2.45) is 5.92 Å². The lowest BCUT2D eigenvalue weighted by Gasteiger charge is -2.42. The van der Waals surface area contributed by atoms with Crippen molar-refractivity contribution in [2.75, 3.05) is 26.2 Å². The molecule has 3 fully saturated rings. The molecule has 10 nitrogen and oxygen atoms in total. The highest BCUT2D eigenvalue weighted by molar-refractivity contribution is 5.81. The van der Waals surface area contributed by atoms with E-state index < -0.39 is 11.7 Å². The molecule has 3 aliphatic rings. The van der Waals surface area contributed by atoms with Gasteiger partial charge in [0, 0.05) is 50.3 Å². The van der Waals surface area contributed by atoms with Crippen LogP contribution in [0, 0.1) is 5.92 Å². The predicted octanol–water partition coefficient (Wildman–Crippen LogP) is 2.67. The molecule has 3 aromatic rings. The monoisotopic (exact) mass is 519 g/mol. The van der Waals surface area contributed by atoms with E-state index in [0.29, 0.717) is 56.0 Å². The van der Waals surface area contributed by atoms with Crippen molar-refractivity contribution in [1.29, 1.82) is 0 Å². The fourth-order valence-electron chi connectivity index (χ4n) is 6.15. The summed E-state index contributed by atoms with van der Waals surface area (Å²) in [7, 11) is 0. The first-order valence-electron chi connectivity index (χ1n) is 13.4. The van der Waals surface area contributed by atoms with E-state index in [1.807, 2.05) is 42.6 Å². The summed E-state index contributed by atoms with van der Waals surface area (Å²) in [5.41, 5.74) is 0.393. The van der Waals surface area contributed by atoms with E-state index in [9.17, 15) is 24.6 Å². The minimum atomic E-state index is -1.11. The molecule has 2 aliphatic heterocycles. The Morgan fingerprint density at radius 3 is 2.42 bits per heavy atom. The Morgan fingerprint density at radius 1 is 1.00 bits per heavy atom. The summed E-state index contributed by atoms with van der Waals surface area (Å²) in [4.78, 5) is 46.1. The van der Waals surface area contributed by atoms with Gasteiger partial charge in [0.1, 0.15) is 12.0 Å². The number of benzene rings is 1. The maximum absolute atomic E-state index is 13.7. The van der Waals surface area contributed by atoms with Gasteiger partial charge in [-0.1, -0.05) is 30.3 Å². The summed E-state index contributed by atoms with van der Waals surface area (Å²) in [5, 5.41) is 21.5. The van der Waals surface area contributed by atoms with Gasteiger partial charge in [-0.2, -0.15) is 0 Å². The summed E-state index contributed by atoms with van der Waals surface area (Å²) < 4.78 is 3.55. The molecule has 2 N–H and O–H groups in total. The van der Waals surface area contributed by atoms with E-state index in [2.05, 4.69) is 9.55 Å². The number of aliphatic hydroxyl groups is 1. The van der Waals surface area contributed by atoms with Crippen LogP contribution in [0.5, 0.6) is 0 Å². The Balaban J connectivity index is 1.14. The minimum Gasteiger partial charge on any atom is -0.465 e. The Hall–Kier alpha value is -3.66. The summed E-state index contributed by atoms with van der Waals surface area (Å²) in [5.74, 6) is -0.523. The second-order valence-corrected chi connectivity index (χ2v) is 11.1. The number of hydrogen-bond donors (Lipinski definition) is 2. The Kier molecular flexibility index (Phi) is 6.22. The zero-order valence-electron chi connectivity index (χ0n) is 21.3. The molecular weight excluding hydrogens is 486 g/mol. The normalized spacial score (nSPS) is 23.5. The average molecular weight is 520 g/mol. The number of carboxylic acid groups (broad SMARTS) is 1. The lowest BCUT2D eigenvalue weighted by molar-refractivity contribution is -0.142. The number of rotatable bonds is 5. The largest absolute Gasteiger partial charge is 0.465 e. The minimum absolute atomic E-state index is 0.00705. The van der Waals surface area contributed by atoms with Gasteiger partial charge in [0.15, 0.2) is 0 Å². The summed E-state index contributed by atoms with van der Waals surface area (Å²) in [6, 6.07) is 11.9. The SMILES string of the molecule is O=C(O)N1CC[C@@H](C(=O)N2CCC(O)(Cn3cnc4c(ccn4C4CC4)c3=O)CC2)[C@H](c2ccccc2)C1. The molecule has 10 heteroatoms. The maximum Gasteiger partial charge on any atom is 0.407 e. The third-order valence-electron chi connectivity index (χ3n) is 8.54. The third kappa shape index (κ3) is 4.57. The van der Waals surface area contributed by atoms with Crippen LogP contribution in [-0.2, 0) is 11.3 Å². The van der Waals surface area contributed by atoms with E-state index >= 15 is 0 Å². The molecule has 0 unspecified atom stereocenters. The van der Waals surface area contributed by atoms with Crippen molar-refractivity contribution in [3.63, 3.8) is 0 Å². The van der Waals surface area contributed by atoms with Gasteiger partial charge in [0.05, 0.1) is 17.5 Å². The zero-order chi connectivity index (χ0) is 26.4. The van der Waals surface area contributed by atoms with Gasteiger partial charge >= 0.3 is 6.09 Å². The van der Waals surface area contributed by atoms with Gasteiger partial charge in [0.2, 0.25) is 5.91 Å². The van der Waals surface area contributed by atoms with Gasteiger partial charge < -0.3 is 24.6 Å². The number of carbonyl (C=O) groups is 2. The topological polar surface area (TPSA) is 121 Å². The Morgan fingerprint density at radius 2 is 1.74 bits per heavy atom. The Bertz CT molecular complexity index is 1400. The van der Waals surface area contributed by atoms with E-state index in [1.165, 1.54) is 15.8 Å². The van der Waals surface area contributed by atoms with Crippen LogP contribution in [0.1, 0.15) is 49.6 Å². The standard InChI is InChI=1S/C28H33N5O5/c34-25(21-8-12-31(27(36)37)16-23(21)19-4-2-1-3-5-19)30-14-10-28(38,11-15-30)17-32-18-29-24-22(26(32)35)9-13-33(24)20-6-7-20/h1-5,9,13,18,20-21,23,38H,6-8,10-12,14-17H2,(H,36,37)/t21-,23+/m1/s1. The molecule has 2 atom stereocenters. The number of carbonyl (C=O) groups excluding carboxylic acids is 1. The van der Waals surface area contributed by atoms with Crippen molar-refractivity contribution < 1.29 is 19.8 Å². The van der Waals surface area contributed by atoms with Crippen molar-refractivity contribution in [3.05, 3.63) is 64.8 Å². The third-order valence-corrected chi connectivity index (χ3v) is 8.54. The molecule has 6 rings (SSSR count). The number of aromatic nitrogens is 3. The van der Waals surface area contributed by atoms with Crippen molar-refractivity contribution in [1.82, 2.24) is 23.9 Å². The van der Waals surface area contributed by atoms with Crippen LogP contribution in [0.2, 0.25) is 0 Å². The highest BCUT2D eigenvalue weighted by atomic mass is 16.4. The predicted molar refractivity (Wildman–Crippen MR) is 140 cm³/mol. The van der Waals surface area contributed by atoms with Crippen molar-refractivity contribution in [2.45, 2.75) is 56.2 Å². The maximum atomic E-state index is 13.7. The molecule has 4 heterocycles. The number of nitrogens with zero attached hydrogens (tertiary/aromatic N) is 5. The molecule has 1 aromatic carbocycles. The van der Waals surface area contributed by atoms with Gasteiger partial charge in [-0.3, -0.25) is 14.2 Å². The fourth-order valence-corrected chi connectivity index (χ4v) is 6.15. The van der Waals surface area contributed by atoms with E-state index in [0.717, 1.165) is 18.4 Å². The molecule has 0 spiro atoms. The average Bonchev–Trinajstić information content (AvgIpc) is 3.68. The van der Waals surface area contributed by atoms with Gasteiger partial charge in [-0.05, 0) is 43.7 Å².